The van der Waals surface area contributed by atoms with Crippen LogP contribution in [0.2, 0.25) is 0 Å². The molecule has 1 aromatic rings. The molecule has 1 aromatic carbocycles. The van der Waals surface area contributed by atoms with Gasteiger partial charge in [-0.25, -0.2) is 4.39 Å². The van der Waals surface area contributed by atoms with Crippen LogP contribution >= 0.6 is 0 Å². The molecule has 0 N–H and O–H groups in total. The number of unbranched alkanes of at least 4 members (excludes halogenated alkanes) is 1. The van der Waals surface area contributed by atoms with E-state index in [4.69, 9.17) is 5.26 Å². The van der Waals surface area contributed by atoms with Crippen LogP contribution in [0, 0.1) is 34.9 Å². The average Bonchev–Trinajstić information content (AvgIpc) is 2.81. The van der Waals surface area contributed by atoms with Gasteiger partial charge in [-0.3, -0.25) is 4.39 Å². The largest absolute Gasteiger partial charge is 0.251 e. The van der Waals surface area contributed by atoms with Crippen LogP contribution in [0.1, 0.15) is 107 Å². The summed E-state index contributed by atoms with van der Waals surface area (Å²) in [5, 5.41) is 8.91. The predicted octanol–water partition coefficient (Wildman–Crippen LogP) is 8.64. The van der Waals surface area contributed by atoms with Crippen LogP contribution in [-0.4, -0.2) is 6.67 Å². The van der Waals surface area contributed by atoms with Crippen LogP contribution < -0.4 is 0 Å². The number of hydrogen-bond donors (Lipinski definition) is 0. The van der Waals surface area contributed by atoms with E-state index in [-0.39, 0.29) is 18.1 Å². The van der Waals surface area contributed by atoms with Gasteiger partial charge in [-0.05, 0) is 92.7 Å². The van der Waals surface area contributed by atoms with E-state index in [0.29, 0.717) is 12.3 Å². The minimum absolute atomic E-state index is 0.150. The maximum Gasteiger partial charge on any atom is 0.141 e. The van der Waals surface area contributed by atoms with Gasteiger partial charge >= 0.3 is 0 Å². The maximum atomic E-state index is 13.9. The second-order valence-electron chi connectivity index (χ2n) is 9.91. The number of allylic oxidation sites excluding steroid dienone is 2. The van der Waals surface area contributed by atoms with Crippen LogP contribution in [-0.2, 0) is 0 Å². The van der Waals surface area contributed by atoms with E-state index in [1.54, 1.807) is 12.1 Å². The third-order valence-corrected chi connectivity index (χ3v) is 7.79. The van der Waals surface area contributed by atoms with E-state index in [9.17, 15) is 8.78 Å². The van der Waals surface area contributed by atoms with Gasteiger partial charge in [-0.1, -0.05) is 56.7 Å². The predicted molar refractivity (Wildman–Crippen MR) is 124 cm³/mol. The molecule has 0 aliphatic heterocycles. The first-order chi connectivity index (χ1) is 15.2. The van der Waals surface area contributed by atoms with Gasteiger partial charge in [0, 0.05) is 0 Å². The number of hydrogen-bond acceptors (Lipinski definition) is 1. The molecule has 0 unspecified atom stereocenters. The molecule has 1 nitrogen and oxygen atoms in total. The highest BCUT2D eigenvalue weighted by Crippen LogP contribution is 2.40. The van der Waals surface area contributed by atoms with Crippen molar-refractivity contribution in [1.82, 2.24) is 0 Å². The Morgan fingerprint density at radius 2 is 1.42 bits per heavy atom. The van der Waals surface area contributed by atoms with Crippen molar-refractivity contribution >= 4 is 0 Å². The molecule has 0 radical (unpaired) electrons. The van der Waals surface area contributed by atoms with E-state index in [1.165, 1.54) is 57.8 Å². The number of rotatable bonds is 10. The Bertz CT molecular complexity index is 719. The summed E-state index contributed by atoms with van der Waals surface area (Å²) in [6.07, 6.45) is 21.6. The molecule has 2 aliphatic carbocycles. The molecule has 2 saturated carbocycles. The number of alkyl halides is 1. The third kappa shape index (κ3) is 7.74. The van der Waals surface area contributed by atoms with Gasteiger partial charge in [-0.15, -0.1) is 0 Å². The smallest absolute Gasteiger partial charge is 0.141 e. The Morgan fingerprint density at radius 3 is 2.00 bits per heavy atom. The highest BCUT2D eigenvalue weighted by atomic mass is 19.1. The maximum absolute atomic E-state index is 13.9. The van der Waals surface area contributed by atoms with Crippen LogP contribution in [0.15, 0.2) is 30.4 Å². The molecule has 170 valence electrons. The molecule has 0 aromatic heterocycles. The van der Waals surface area contributed by atoms with Gasteiger partial charge < -0.3 is 0 Å². The van der Waals surface area contributed by atoms with Crippen molar-refractivity contribution in [2.45, 2.75) is 95.8 Å². The third-order valence-electron chi connectivity index (χ3n) is 7.79. The second-order valence-corrected chi connectivity index (χ2v) is 9.91. The molecule has 0 spiro atoms. The van der Waals surface area contributed by atoms with E-state index in [1.807, 2.05) is 12.1 Å². The molecule has 0 bridgehead atoms. The fraction of sp³-hybridized carbons (Fsp3) is 0.679. The summed E-state index contributed by atoms with van der Waals surface area (Å²) in [5.41, 5.74) is 1.22. The van der Waals surface area contributed by atoms with Gasteiger partial charge in [0.1, 0.15) is 11.9 Å². The molecule has 0 heterocycles. The fourth-order valence-electron chi connectivity index (χ4n) is 5.70. The molecule has 0 atom stereocenters. The zero-order chi connectivity index (χ0) is 21.9. The quantitative estimate of drug-likeness (QED) is 0.271. The lowest BCUT2D eigenvalue weighted by Crippen LogP contribution is -2.18. The molecular weight excluding hydrogens is 388 g/mol. The lowest BCUT2D eigenvalue weighted by atomic mass is 9.74. The highest BCUT2D eigenvalue weighted by Gasteiger charge is 2.25. The van der Waals surface area contributed by atoms with Crippen molar-refractivity contribution in [3.63, 3.8) is 0 Å². The van der Waals surface area contributed by atoms with Crippen molar-refractivity contribution in [3.8, 4) is 6.07 Å². The first-order valence-corrected chi connectivity index (χ1v) is 12.6. The molecule has 0 amide bonds. The van der Waals surface area contributed by atoms with E-state index >= 15 is 0 Å². The average molecular weight is 428 g/mol. The Balaban J connectivity index is 1.29. The van der Waals surface area contributed by atoms with Gasteiger partial charge in [0.2, 0.25) is 0 Å². The van der Waals surface area contributed by atoms with Crippen molar-refractivity contribution in [3.05, 3.63) is 47.3 Å². The summed E-state index contributed by atoms with van der Waals surface area (Å²) in [4.78, 5) is 0. The van der Waals surface area contributed by atoms with Gasteiger partial charge in [0.05, 0.1) is 12.2 Å². The number of benzene rings is 1. The molecule has 2 aliphatic rings. The van der Waals surface area contributed by atoms with Crippen LogP contribution in [0.3, 0.4) is 0 Å². The molecule has 3 heteroatoms. The minimum Gasteiger partial charge on any atom is -0.251 e. The lowest BCUT2D eigenvalue weighted by molar-refractivity contribution is 0.225. The zero-order valence-electron chi connectivity index (χ0n) is 19.0. The van der Waals surface area contributed by atoms with Crippen LogP contribution in [0.25, 0.3) is 0 Å². The summed E-state index contributed by atoms with van der Waals surface area (Å²) in [7, 11) is 0. The van der Waals surface area contributed by atoms with Crippen LogP contribution in [0.4, 0.5) is 8.78 Å². The van der Waals surface area contributed by atoms with E-state index < -0.39 is 0 Å². The van der Waals surface area contributed by atoms with E-state index in [2.05, 4.69) is 12.2 Å². The van der Waals surface area contributed by atoms with E-state index in [0.717, 1.165) is 49.0 Å². The summed E-state index contributed by atoms with van der Waals surface area (Å²) in [6, 6.07) is 7.08. The second kappa shape index (κ2) is 13.0. The molecule has 31 heavy (non-hydrogen) atoms. The highest BCUT2D eigenvalue weighted by molar-refractivity contribution is 5.34. The monoisotopic (exact) mass is 427 g/mol. The number of nitriles is 1. The normalized spacial score (nSPS) is 26.7. The Kier molecular flexibility index (Phi) is 10.0. The minimum atomic E-state index is -0.370. The van der Waals surface area contributed by atoms with Gasteiger partial charge in [0.25, 0.3) is 0 Å². The molecule has 3 rings (SSSR count). The van der Waals surface area contributed by atoms with Crippen molar-refractivity contribution in [1.29, 1.82) is 5.26 Å². The standard InChI is InChI=1S/C28H39F2N/c29-19-5-3-1-2-4-6-22-7-9-23(10-8-22)11-12-24-13-15-25(16-14-24)26-17-18-27(21-31)28(30)20-26/h1-2,17-18,20,22-25H,3-16,19H2/b2-1+. The number of nitrogens with zero attached hydrogens (tertiary/aromatic N) is 1. The summed E-state index contributed by atoms with van der Waals surface area (Å²) < 4.78 is 26.0. The Labute approximate surface area is 187 Å². The molecule has 2 fully saturated rings. The summed E-state index contributed by atoms with van der Waals surface area (Å²) in [6.45, 7) is -0.201. The zero-order valence-corrected chi connectivity index (χ0v) is 19.0. The molecular formula is C28H39F2N. The number of halogens is 2. The fourth-order valence-corrected chi connectivity index (χ4v) is 5.70. The summed E-state index contributed by atoms with van der Waals surface area (Å²) in [5.74, 6) is 2.74. The van der Waals surface area contributed by atoms with Crippen LogP contribution in [0.5, 0.6) is 0 Å². The topological polar surface area (TPSA) is 23.8 Å². The summed E-state index contributed by atoms with van der Waals surface area (Å²) >= 11 is 0. The lowest BCUT2D eigenvalue weighted by Gasteiger charge is -2.32. The Hall–Kier alpha value is -1.69. The first-order valence-electron chi connectivity index (χ1n) is 12.6. The van der Waals surface area contributed by atoms with Crippen molar-refractivity contribution < 1.29 is 8.78 Å². The van der Waals surface area contributed by atoms with Gasteiger partial charge in [0.15, 0.2) is 0 Å². The SMILES string of the molecule is N#Cc1ccc(C2CCC(CCC3CCC(CC/C=C/CCCF)CC3)CC2)cc1F. The van der Waals surface area contributed by atoms with Gasteiger partial charge in [-0.2, -0.15) is 5.26 Å². The van der Waals surface area contributed by atoms with Crippen molar-refractivity contribution in [2.24, 2.45) is 17.8 Å². The Morgan fingerprint density at radius 1 is 0.839 bits per heavy atom. The first kappa shape index (κ1) is 24.0. The molecule has 0 saturated heterocycles. The van der Waals surface area contributed by atoms with Crippen molar-refractivity contribution in [2.75, 3.05) is 6.67 Å².